The minimum absolute atomic E-state index is 0.0289. The second kappa shape index (κ2) is 9.62. The number of rotatable bonds is 4. The van der Waals surface area contributed by atoms with Crippen LogP contribution in [-0.2, 0) is 12.8 Å². The smallest absolute Gasteiger partial charge is 0.135 e. The zero-order valence-electron chi connectivity index (χ0n) is 24.4. The van der Waals surface area contributed by atoms with Crippen molar-refractivity contribution in [3.05, 3.63) is 135 Å². The molecule has 2 N–H and O–H groups in total. The van der Waals surface area contributed by atoms with Crippen LogP contribution in [0.4, 0.5) is 0 Å². The lowest BCUT2D eigenvalue weighted by Crippen LogP contribution is -2.31. The van der Waals surface area contributed by atoms with E-state index in [4.69, 9.17) is 14.6 Å². The van der Waals surface area contributed by atoms with Crippen LogP contribution in [0, 0.1) is 5.92 Å². The molecule has 3 aromatic rings. The zero-order chi connectivity index (χ0) is 28.7. The van der Waals surface area contributed by atoms with Gasteiger partial charge in [0.15, 0.2) is 0 Å². The first kappa shape index (κ1) is 25.2. The van der Waals surface area contributed by atoms with Crippen molar-refractivity contribution in [1.82, 2.24) is 4.90 Å². The van der Waals surface area contributed by atoms with E-state index in [1.54, 1.807) is 0 Å². The van der Waals surface area contributed by atoms with Crippen LogP contribution >= 0.6 is 0 Å². The number of furan rings is 2. The number of aryl methyl sites for hydroxylation is 1. The molecule has 0 fully saturated rings. The lowest BCUT2D eigenvalue weighted by Gasteiger charge is -2.40. The Hall–Kier alpha value is -4.28. The first-order valence-corrected chi connectivity index (χ1v) is 15.9. The van der Waals surface area contributed by atoms with Gasteiger partial charge in [0, 0.05) is 57.8 Å². The standard InChI is InChI=1S/C39H36N2O2/c1-2-7-23-12-15-26(24-13-17-35-30(21-24)31-22-25(40)14-18-36(31)42-35)33(20-23)41-32-10-5-3-8-27(32)28-16-19-37-38(39(28)41)29-9-4-6-11-34(29)43-37/h2-4,8-9,12-14,16-21,25-26,28,39H,1,5-7,10-11,15,22,40H2. The summed E-state index contributed by atoms with van der Waals surface area (Å²) in [5.41, 5.74) is 18.2. The lowest BCUT2D eigenvalue weighted by atomic mass is 9.80. The van der Waals surface area contributed by atoms with Gasteiger partial charge in [-0.1, -0.05) is 54.7 Å². The van der Waals surface area contributed by atoms with E-state index in [1.807, 2.05) is 18.2 Å². The Bertz CT molecular complexity index is 1910. The predicted molar refractivity (Wildman–Crippen MR) is 174 cm³/mol. The van der Waals surface area contributed by atoms with E-state index < -0.39 is 0 Å². The molecule has 0 spiro atoms. The van der Waals surface area contributed by atoms with Crippen molar-refractivity contribution in [3.63, 3.8) is 0 Å². The molecule has 5 aliphatic carbocycles. The minimum atomic E-state index is 0.0289. The van der Waals surface area contributed by atoms with E-state index in [0.717, 1.165) is 67.8 Å². The van der Waals surface area contributed by atoms with Gasteiger partial charge in [-0.25, -0.2) is 0 Å². The van der Waals surface area contributed by atoms with Gasteiger partial charge in [0.05, 0.1) is 6.04 Å². The number of allylic oxidation sites excluding steroid dienone is 9. The molecule has 4 atom stereocenters. The van der Waals surface area contributed by atoms with E-state index >= 15 is 0 Å². The zero-order valence-corrected chi connectivity index (χ0v) is 24.4. The number of hydrogen-bond acceptors (Lipinski definition) is 4. The van der Waals surface area contributed by atoms with E-state index in [0.29, 0.717) is 5.92 Å². The number of benzene rings is 1. The molecule has 9 rings (SSSR count). The highest BCUT2D eigenvalue weighted by Crippen LogP contribution is 2.57. The Balaban J connectivity index is 1.22. The van der Waals surface area contributed by atoms with Crippen LogP contribution in [0.5, 0.6) is 0 Å². The van der Waals surface area contributed by atoms with Gasteiger partial charge in [-0.05, 0) is 85.6 Å². The summed E-state index contributed by atoms with van der Waals surface area (Å²) in [5.74, 6) is 3.66. The third-order valence-electron chi connectivity index (χ3n) is 10.3. The summed E-state index contributed by atoms with van der Waals surface area (Å²) in [6, 6.07) is 7.05. The van der Waals surface area contributed by atoms with Crippen LogP contribution in [0.15, 0.2) is 105 Å². The number of hydrogen-bond donors (Lipinski definition) is 1. The summed E-state index contributed by atoms with van der Waals surface area (Å²) in [7, 11) is 0. The van der Waals surface area contributed by atoms with Crippen molar-refractivity contribution in [2.24, 2.45) is 11.7 Å². The fourth-order valence-corrected chi connectivity index (χ4v) is 8.35. The highest BCUT2D eigenvalue weighted by atomic mass is 16.3. The lowest BCUT2D eigenvalue weighted by molar-refractivity contribution is 0.288. The maximum absolute atomic E-state index is 6.53. The number of fused-ring (bicyclic) bond motifs is 9. The normalized spacial score (nSPS) is 26.6. The van der Waals surface area contributed by atoms with Crippen molar-refractivity contribution in [3.8, 4) is 0 Å². The van der Waals surface area contributed by atoms with Gasteiger partial charge in [0.1, 0.15) is 22.9 Å². The summed E-state index contributed by atoms with van der Waals surface area (Å²) < 4.78 is 12.8. The van der Waals surface area contributed by atoms with E-state index in [-0.39, 0.29) is 18.0 Å². The Kier molecular flexibility index (Phi) is 5.65. The molecule has 6 aliphatic rings. The molecule has 4 nitrogen and oxygen atoms in total. The quantitative estimate of drug-likeness (QED) is 0.321. The molecule has 1 aromatic carbocycles. The van der Waals surface area contributed by atoms with Crippen molar-refractivity contribution >= 4 is 29.2 Å². The molecule has 0 radical (unpaired) electrons. The Morgan fingerprint density at radius 2 is 1.88 bits per heavy atom. The van der Waals surface area contributed by atoms with Crippen LogP contribution in [-0.4, -0.2) is 10.9 Å². The highest BCUT2D eigenvalue weighted by Gasteiger charge is 2.47. The van der Waals surface area contributed by atoms with Crippen molar-refractivity contribution in [1.29, 1.82) is 0 Å². The largest absolute Gasteiger partial charge is 0.461 e. The molecular formula is C39H36N2O2. The first-order valence-electron chi connectivity index (χ1n) is 15.9. The summed E-state index contributed by atoms with van der Waals surface area (Å²) >= 11 is 0. The summed E-state index contributed by atoms with van der Waals surface area (Å²) in [6.45, 7) is 4.07. The topological polar surface area (TPSA) is 55.5 Å². The van der Waals surface area contributed by atoms with Gasteiger partial charge < -0.3 is 19.5 Å². The second-order valence-corrected chi connectivity index (χ2v) is 12.8. The van der Waals surface area contributed by atoms with E-state index in [9.17, 15) is 0 Å². The fourth-order valence-electron chi connectivity index (χ4n) is 8.35. The molecule has 4 unspecified atom stereocenters. The van der Waals surface area contributed by atoms with Gasteiger partial charge in [0.25, 0.3) is 0 Å². The van der Waals surface area contributed by atoms with E-state index in [1.165, 1.54) is 50.2 Å². The third kappa shape index (κ3) is 3.79. The number of nitrogens with two attached hydrogens (primary N) is 1. The highest BCUT2D eigenvalue weighted by molar-refractivity contribution is 5.86. The summed E-state index contributed by atoms with van der Waals surface area (Å²) in [4.78, 5) is 2.73. The molecule has 214 valence electrons. The molecule has 4 heteroatoms. The van der Waals surface area contributed by atoms with E-state index in [2.05, 4.69) is 78.3 Å². The predicted octanol–water partition coefficient (Wildman–Crippen LogP) is 9.06. The molecule has 0 saturated heterocycles. The Morgan fingerprint density at radius 1 is 1.00 bits per heavy atom. The van der Waals surface area contributed by atoms with Crippen molar-refractivity contribution in [2.45, 2.75) is 62.9 Å². The molecule has 0 amide bonds. The third-order valence-corrected chi connectivity index (χ3v) is 10.3. The van der Waals surface area contributed by atoms with Gasteiger partial charge in [-0.2, -0.15) is 0 Å². The molecule has 3 heterocycles. The summed E-state index contributed by atoms with van der Waals surface area (Å²) in [5, 5.41) is 1.20. The van der Waals surface area contributed by atoms with Crippen LogP contribution in [0.25, 0.3) is 29.2 Å². The van der Waals surface area contributed by atoms with Gasteiger partial charge in [-0.3, -0.25) is 0 Å². The van der Waals surface area contributed by atoms with Crippen LogP contribution in [0.1, 0.15) is 83.6 Å². The molecule has 0 saturated carbocycles. The SMILES string of the molecule is C=CCC1=CCC(c2ccc3oc4c(c3c2)CC(N)C=C4)C(N2C3=C(C=CCC3)C3C=Cc4oc5c(c4C32)C=CCC5)=C1. The monoisotopic (exact) mass is 564 g/mol. The average Bonchev–Trinajstić information content (AvgIpc) is 3.70. The fraction of sp³-hybridized carbons (Fsp3) is 0.282. The molecule has 43 heavy (non-hydrogen) atoms. The maximum Gasteiger partial charge on any atom is 0.135 e. The van der Waals surface area contributed by atoms with Gasteiger partial charge >= 0.3 is 0 Å². The van der Waals surface area contributed by atoms with Gasteiger partial charge in [0.2, 0.25) is 0 Å². The average molecular weight is 565 g/mol. The molecule has 2 aromatic heterocycles. The van der Waals surface area contributed by atoms with Crippen LogP contribution in [0.2, 0.25) is 0 Å². The maximum atomic E-state index is 6.53. The first-order chi connectivity index (χ1) is 21.2. The Morgan fingerprint density at radius 3 is 2.81 bits per heavy atom. The van der Waals surface area contributed by atoms with Crippen LogP contribution in [0.3, 0.4) is 0 Å². The second-order valence-electron chi connectivity index (χ2n) is 12.8. The van der Waals surface area contributed by atoms with Crippen molar-refractivity contribution in [2.75, 3.05) is 0 Å². The summed E-state index contributed by atoms with van der Waals surface area (Å²) in [6.07, 6.45) is 31.8. The molecule has 1 aliphatic heterocycles. The van der Waals surface area contributed by atoms with Gasteiger partial charge in [-0.15, -0.1) is 6.58 Å². The van der Waals surface area contributed by atoms with Crippen molar-refractivity contribution < 1.29 is 8.83 Å². The number of nitrogens with zero attached hydrogens (tertiary/aromatic N) is 1. The minimum Gasteiger partial charge on any atom is -0.461 e. The van der Waals surface area contributed by atoms with Crippen LogP contribution < -0.4 is 5.73 Å². The Labute approximate surface area is 252 Å². The molecule has 0 bridgehead atoms. The molecular weight excluding hydrogens is 528 g/mol.